The average molecular weight is 579 g/mol. The fourth-order valence-electron chi connectivity index (χ4n) is 1.44. The molecule has 1 rings (SSSR count). The van der Waals surface area contributed by atoms with Crippen molar-refractivity contribution in [3.05, 3.63) is 0 Å². The van der Waals surface area contributed by atoms with Gasteiger partial charge < -0.3 is 26.5 Å². The zero-order valence-corrected chi connectivity index (χ0v) is 16.7. The van der Waals surface area contributed by atoms with Crippen LogP contribution in [0.25, 0.3) is 0 Å². The number of hydrogen-bond donors (Lipinski definition) is 4. The molecule has 0 aromatic rings. The number of carboxylic acid groups (broad SMARTS) is 3. The van der Waals surface area contributed by atoms with Crippen molar-refractivity contribution in [1.82, 2.24) is 0 Å². The molecule has 1 saturated carbocycles. The third-order valence-electron chi connectivity index (χ3n) is 2.70. The normalized spacial score (nSPS) is 20.3. The average Bonchev–Trinajstić information content (AvgIpc) is 2.43. The molecule has 0 heterocycles. The standard InChI is InChI=1S/C6H14N2.C4H9NO2Se.C2H2O4.Pt/c7-5-3-1-2-4-6(5)8;1-8-2-3(5)4(6)7;3-1(4)2(5)6;/h5-6H,1-4,7-8H2;3H,2,5H2,1H3,(H,6,7);(H,3,4)(H,5,6);/q;;;+2/p-2/t5-,6-;3-;;/m10../s1. The molecule has 23 heavy (non-hydrogen) atoms. The summed E-state index contributed by atoms with van der Waals surface area (Å²) in [6, 6.07) is -0.188. The molecule has 0 unspecified atom stereocenters. The second-order valence-electron chi connectivity index (χ2n) is 4.59. The van der Waals surface area contributed by atoms with Gasteiger partial charge in [0.05, 0.1) is 0 Å². The van der Waals surface area contributed by atoms with Gasteiger partial charge >= 0.3 is 80.8 Å². The van der Waals surface area contributed by atoms with E-state index in [9.17, 15) is 9.90 Å². The van der Waals surface area contributed by atoms with Crippen LogP contribution in [-0.2, 0) is 35.4 Å². The molecule has 3 atom stereocenters. The second-order valence-corrected chi connectivity index (χ2v) is 6.50. The second kappa shape index (κ2) is 16.4. The zero-order chi connectivity index (χ0) is 17.7. The molecule has 0 aliphatic heterocycles. The first kappa shape index (κ1) is 27.3. The fraction of sp³-hybridized carbons (Fsp3) is 0.750. The molecule has 7 N–H and O–H groups in total. The first-order valence-corrected chi connectivity index (χ1v) is 9.46. The van der Waals surface area contributed by atoms with E-state index in [-0.39, 0.29) is 33.1 Å². The smallest absolute Gasteiger partial charge is 0.539 e. The van der Waals surface area contributed by atoms with Gasteiger partial charge in [-0.1, -0.05) is 12.8 Å². The minimum Gasteiger partial charge on any atom is -0.539 e. The van der Waals surface area contributed by atoms with E-state index in [1.165, 1.54) is 12.8 Å². The van der Waals surface area contributed by atoms with Gasteiger partial charge in [-0.2, -0.15) is 0 Å². The van der Waals surface area contributed by atoms with Crippen LogP contribution < -0.4 is 27.4 Å². The van der Waals surface area contributed by atoms with Crippen LogP contribution in [0.3, 0.4) is 0 Å². The molecule has 0 aromatic carbocycles. The van der Waals surface area contributed by atoms with Crippen molar-refractivity contribution < 1.29 is 50.8 Å². The summed E-state index contributed by atoms with van der Waals surface area (Å²) in [6.07, 6.45) is 4.80. The Morgan fingerprint density at radius 2 is 1.52 bits per heavy atom. The maximum atomic E-state index is 9.86. The van der Waals surface area contributed by atoms with Gasteiger partial charge in [0, 0.05) is 12.1 Å². The van der Waals surface area contributed by atoms with Crippen LogP contribution in [0.2, 0.25) is 11.1 Å². The summed E-state index contributed by atoms with van der Waals surface area (Å²) < 4.78 is 0. The van der Waals surface area contributed by atoms with Gasteiger partial charge in [-0.3, -0.25) is 0 Å². The summed E-state index contributed by atoms with van der Waals surface area (Å²) in [5.74, 6) is -3.21. The van der Waals surface area contributed by atoms with Gasteiger partial charge in [0.25, 0.3) is 0 Å². The number of aliphatic carboxylic acids is 3. The Morgan fingerprint density at radius 3 is 1.65 bits per heavy atom. The molecular weight excluding hydrogens is 556 g/mol. The van der Waals surface area contributed by atoms with E-state index in [1.807, 2.05) is 5.82 Å². The van der Waals surface area contributed by atoms with Gasteiger partial charge in [0.2, 0.25) is 0 Å². The van der Waals surface area contributed by atoms with Crippen molar-refractivity contribution in [3.63, 3.8) is 0 Å². The maximum Gasteiger partial charge on any atom is 2.00 e. The molecule has 0 saturated heterocycles. The monoisotopic (exact) mass is 580 g/mol. The summed E-state index contributed by atoms with van der Waals surface area (Å²) in [5, 5.41) is 26.7. The van der Waals surface area contributed by atoms with Crippen LogP contribution >= 0.6 is 0 Å². The quantitative estimate of drug-likeness (QED) is 0.192. The van der Waals surface area contributed by atoms with Crippen molar-refractivity contribution in [2.24, 2.45) is 17.2 Å². The molecule has 1 aliphatic rings. The van der Waals surface area contributed by atoms with E-state index < -0.39 is 23.9 Å². The number of rotatable bonds is 3. The molecule has 1 aliphatic carbocycles. The fourth-order valence-corrected chi connectivity index (χ4v) is 2.47. The van der Waals surface area contributed by atoms with Crippen LogP contribution in [0.5, 0.6) is 0 Å². The largest absolute Gasteiger partial charge is 2.00 e. The Balaban J connectivity index is -0.000000259. The van der Waals surface area contributed by atoms with E-state index in [1.54, 1.807) is 0 Å². The molecule has 11 heteroatoms. The van der Waals surface area contributed by atoms with Crippen LogP contribution in [0, 0.1) is 0 Å². The number of carbonyl (C=O) groups excluding carboxylic acids is 2. The Labute approximate surface area is 155 Å². The molecule has 0 amide bonds. The SMILES string of the molecule is C[Se]C[C@H](N)C(=O)[O-].N[C@@H]1CCCC[C@H]1N.O=C([O-])C(=O)O.[Pt+2]. The van der Waals surface area contributed by atoms with Crippen molar-refractivity contribution >= 4 is 32.9 Å². The molecule has 1 fully saturated rings. The summed E-state index contributed by atoms with van der Waals surface area (Å²) in [4.78, 5) is 27.9. The Hall–Kier alpha value is -0.502. The summed E-state index contributed by atoms with van der Waals surface area (Å²) >= 11 is 0.333. The van der Waals surface area contributed by atoms with Crippen molar-refractivity contribution in [2.75, 3.05) is 0 Å². The number of carboxylic acids is 3. The van der Waals surface area contributed by atoms with Gasteiger partial charge in [-0.05, 0) is 12.8 Å². The van der Waals surface area contributed by atoms with E-state index in [4.69, 9.17) is 37.0 Å². The molecule has 0 bridgehead atoms. The topological polar surface area (TPSA) is 196 Å². The molecule has 0 radical (unpaired) electrons. The summed E-state index contributed by atoms with van der Waals surface area (Å²) in [6.45, 7) is 0. The van der Waals surface area contributed by atoms with Crippen molar-refractivity contribution in [3.8, 4) is 0 Å². The van der Waals surface area contributed by atoms with Crippen LogP contribution in [0.15, 0.2) is 0 Å². The molecule has 0 aromatic heterocycles. The Bertz CT molecular complexity index is 340. The third-order valence-corrected chi connectivity index (χ3v) is 4.15. The van der Waals surface area contributed by atoms with E-state index in [0.29, 0.717) is 20.3 Å². The van der Waals surface area contributed by atoms with Crippen LogP contribution in [0.1, 0.15) is 25.7 Å². The Kier molecular flexibility index (Phi) is 19.5. The van der Waals surface area contributed by atoms with E-state index in [0.717, 1.165) is 12.8 Å². The summed E-state index contributed by atoms with van der Waals surface area (Å²) in [5.41, 5.74) is 16.4. The van der Waals surface area contributed by atoms with Gasteiger partial charge in [-0.15, -0.1) is 0 Å². The Morgan fingerprint density at radius 1 is 1.17 bits per heavy atom. The first-order chi connectivity index (χ1) is 10.1. The van der Waals surface area contributed by atoms with Gasteiger partial charge in [-0.25, -0.2) is 4.79 Å². The van der Waals surface area contributed by atoms with Crippen LogP contribution in [0.4, 0.5) is 0 Å². The molecule has 0 spiro atoms. The van der Waals surface area contributed by atoms with E-state index >= 15 is 0 Å². The summed E-state index contributed by atoms with van der Waals surface area (Å²) in [7, 11) is 0. The predicted molar refractivity (Wildman–Crippen MR) is 76.5 cm³/mol. The molecule has 9 nitrogen and oxygen atoms in total. The predicted octanol–water partition coefficient (Wildman–Crippen LogP) is -3.73. The third kappa shape index (κ3) is 17.7. The number of nitrogens with two attached hydrogens (primary N) is 3. The number of carbonyl (C=O) groups is 3. The first-order valence-electron chi connectivity index (χ1n) is 6.54. The van der Waals surface area contributed by atoms with Crippen molar-refractivity contribution in [1.29, 1.82) is 0 Å². The maximum absolute atomic E-state index is 9.86. The van der Waals surface area contributed by atoms with Crippen LogP contribution in [-0.4, -0.2) is 56.1 Å². The zero-order valence-electron chi connectivity index (χ0n) is 12.7. The van der Waals surface area contributed by atoms with Gasteiger partial charge in [0.1, 0.15) is 0 Å². The molecule has 138 valence electrons. The minimum absolute atomic E-state index is 0. The van der Waals surface area contributed by atoms with E-state index in [2.05, 4.69) is 0 Å². The molecular formula is C12H23N3O6PtSe. The number of hydrogen-bond acceptors (Lipinski definition) is 8. The van der Waals surface area contributed by atoms with Crippen molar-refractivity contribution in [2.45, 2.75) is 55.0 Å². The van der Waals surface area contributed by atoms with Gasteiger partial charge in [0.15, 0.2) is 5.97 Å². The minimum atomic E-state index is -2.07.